The number of nitrogens with two attached hydrogens (primary N) is 1. The molecule has 13 nitrogen and oxygen atoms in total. The van der Waals surface area contributed by atoms with Gasteiger partial charge in [-0.2, -0.15) is 14.6 Å². The van der Waals surface area contributed by atoms with Crippen molar-refractivity contribution in [3.63, 3.8) is 0 Å². The number of hydrogen-bond acceptors (Lipinski definition) is 10. The molecule has 0 saturated carbocycles. The predicted octanol–water partition coefficient (Wildman–Crippen LogP) is 2.45. The molecule has 0 amide bonds. The first-order chi connectivity index (χ1) is 18.4. The second kappa shape index (κ2) is 12.2. The van der Waals surface area contributed by atoms with Crippen molar-refractivity contribution in [1.29, 1.82) is 5.26 Å². The summed E-state index contributed by atoms with van der Waals surface area (Å²) in [6.07, 6.45) is 0.669. The van der Waals surface area contributed by atoms with E-state index in [1.54, 1.807) is 19.9 Å². The normalized spacial score (nSPS) is 12.6. The molecule has 0 saturated heterocycles. The number of nitrogens with one attached hydrogen (secondary N) is 1. The first-order valence-corrected chi connectivity index (χ1v) is 12.5. The number of aromatic amines is 1. The molecule has 2 aromatic heterocycles. The maximum atomic E-state index is 12.9. The molecule has 3 N–H and O–H groups in total. The number of hydrogen-bond donors (Lipinski definition) is 2. The van der Waals surface area contributed by atoms with Crippen molar-refractivity contribution in [2.75, 3.05) is 0 Å². The smallest absolute Gasteiger partial charge is 0.349 e. The molecule has 3 rings (SSSR count). The number of carbonyl (C=O) groups excluding carboxylic acids is 1. The van der Waals surface area contributed by atoms with Crippen LogP contribution < -0.4 is 27.3 Å². The van der Waals surface area contributed by atoms with Crippen molar-refractivity contribution in [3.05, 3.63) is 70.7 Å². The lowest BCUT2D eigenvalue weighted by atomic mass is 10.0. The minimum absolute atomic E-state index is 0.0421. The highest BCUT2D eigenvalue weighted by atomic mass is 35.5. The monoisotopic (exact) mass is 577 g/mol. The average Bonchev–Trinajstić information content (AvgIpc) is 2.89. The Bertz CT molecular complexity index is 1600. The fourth-order valence-corrected chi connectivity index (χ4v) is 3.87. The minimum atomic E-state index is -0.939. The third-order valence-corrected chi connectivity index (χ3v) is 6.39. The zero-order chi connectivity index (χ0) is 29.0. The van der Waals surface area contributed by atoms with Crippen LogP contribution >= 0.6 is 23.2 Å². The van der Waals surface area contributed by atoms with Crippen LogP contribution in [0.3, 0.4) is 0 Å². The molecule has 206 valence electrons. The van der Waals surface area contributed by atoms with E-state index in [1.165, 1.54) is 18.2 Å². The maximum Gasteiger partial charge on any atom is 0.349 e. The summed E-state index contributed by atoms with van der Waals surface area (Å²) >= 11 is 12.8. The highest BCUT2D eigenvalue weighted by Gasteiger charge is 2.22. The summed E-state index contributed by atoms with van der Waals surface area (Å²) in [6.45, 7) is 6.78. The van der Waals surface area contributed by atoms with E-state index >= 15 is 0 Å². The second-order valence-electron chi connectivity index (χ2n) is 8.87. The summed E-state index contributed by atoms with van der Waals surface area (Å²) in [5, 5.41) is 16.7. The van der Waals surface area contributed by atoms with Gasteiger partial charge in [0.25, 0.3) is 11.1 Å². The number of nitriles is 1. The lowest BCUT2D eigenvalue weighted by Crippen LogP contribution is -2.39. The Morgan fingerprint density at radius 1 is 1.15 bits per heavy atom. The molecule has 0 spiro atoms. The predicted molar refractivity (Wildman–Crippen MR) is 141 cm³/mol. The van der Waals surface area contributed by atoms with Crippen LogP contribution in [0.1, 0.15) is 51.3 Å². The lowest BCUT2D eigenvalue weighted by Gasteiger charge is -2.18. The van der Waals surface area contributed by atoms with Crippen LogP contribution in [0.2, 0.25) is 10.0 Å². The average molecular weight is 578 g/mol. The van der Waals surface area contributed by atoms with Gasteiger partial charge in [0.15, 0.2) is 12.5 Å². The van der Waals surface area contributed by atoms with E-state index in [-0.39, 0.29) is 39.2 Å². The van der Waals surface area contributed by atoms with Crippen LogP contribution in [-0.2, 0) is 16.3 Å². The van der Waals surface area contributed by atoms with E-state index in [9.17, 15) is 19.2 Å². The highest BCUT2D eigenvalue weighted by molar-refractivity contribution is 6.37. The standard InChI is InChI=1S/C24H25Cl2N7O6/c1-5-12(4)19(28)23(36)38-10-32-22(35)14(11(2)3)8-18(31-32)39-20-15(25)6-13(7-16(20)26)33-24(37)29-21(34)17(9-27)30-33/h6-8,11-12,19H,5,10,28H2,1-4H3,(H,29,34,37)/t12-,19-/m0/s1. The fourth-order valence-electron chi connectivity index (χ4n) is 3.31. The Hall–Kier alpha value is -3.99. The Balaban J connectivity index is 1.97. The number of ether oxygens (including phenoxy) is 2. The van der Waals surface area contributed by atoms with Crippen LogP contribution in [0.15, 0.2) is 32.6 Å². The summed E-state index contributed by atoms with van der Waals surface area (Å²) in [5.41, 5.74) is 3.38. The van der Waals surface area contributed by atoms with Crippen LogP contribution in [0.5, 0.6) is 11.6 Å². The molecular formula is C24H25Cl2N7O6. The number of nitrogens with zero attached hydrogens (tertiary/aromatic N) is 5. The van der Waals surface area contributed by atoms with Gasteiger partial charge in [-0.05, 0) is 24.0 Å². The maximum absolute atomic E-state index is 12.9. The highest BCUT2D eigenvalue weighted by Crippen LogP contribution is 2.37. The summed E-state index contributed by atoms with van der Waals surface area (Å²) in [4.78, 5) is 51.1. The minimum Gasteiger partial charge on any atom is -0.441 e. The van der Waals surface area contributed by atoms with Gasteiger partial charge in [0, 0.05) is 11.6 Å². The largest absolute Gasteiger partial charge is 0.441 e. The lowest BCUT2D eigenvalue weighted by molar-refractivity contribution is -0.151. The molecule has 2 heterocycles. The van der Waals surface area contributed by atoms with Crippen molar-refractivity contribution in [2.45, 2.75) is 52.8 Å². The topological polar surface area (TPSA) is 188 Å². The third-order valence-electron chi connectivity index (χ3n) is 5.83. The fraction of sp³-hybridized carbons (Fsp3) is 0.375. The molecule has 2 atom stereocenters. The third kappa shape index (κ3) is 6.54. The number of halogens is 2. The number of H-pyrrole nitrogens is 1. The molecule has 0 unspecified atom stereocenters. The van der Waals surface area contributed by atoms with Crippen LogP contribution in [0, 0.1) is 17.2 Å². The van der Waals surface area contributed by atoms with Crippen molar-refractivity contribution < 1.29 is 14.3 Å². The summed E-state index contributed by atoms with van der Waals surface area (Å²) < 4.78 is 12.7. The zero-order valence-corrected chi connectivity index (χ0v) is 22.9. The van der Waals surface area contributed by atoms with E-state index in [0.29, 0.717) is 12.0 Å². The Labute approximate surface area is 231 Å². The number of benzene rings is 1. The Kier molecular flexibility index (Phi) is 9.28. The van der Waals surface area contributed by atoms with E-state index in [4.69, 9.17) is 43.7 Å². The van der Waals surface area contributed by atoms with Crippen molar-refractivity contribution >= 4 is 29.2 Å². The SMILES string of the molecule is CC[C@H](C)[C@H](N)C(=O)OCn1nc(Oc2c(Cl)cc(-n3nc(C#N)c(=O)[nH]c3=O)cc2Cl)cc(C(C)C)c1=O. The molecule has 15 heteroatoms. The van der Waals surface area contributed by atoms with Gasteiger partial charge in [-0.1, -0.05) is 57.3 Å². The van der Waals surface area contributed by atoms with Gasteiger partial charge in [0.05, 0.1) is 15.7 Å². The van der Waals surface area contributed by atoms with Crippen LogP contribution in [0.4, 0.5) is 0 Å². The van der Waals surface area contributed by atoms with Gasteiger partial charge in [-0.3, -0.25) is 19.4 Å². The van der Waals surface area contributed by atoms with E-state index in [1.807, 2.05) is 18.8 Å². The van der Waals surface area contributed by atoms with Crippen LogP contribution in [0.25, 0.3) is 5.69 Å². The number of esters is 1. The quantitative estimate of drug-likeness (QED) is 0.357. The molecule has 1 aromatic carbocycles. The number of aromatic nitrogens is 5. The zero-order valence-electron chi connectivity index (χ0n) is 21.4. The Morgan fingerprint density at radius 3 is 2.36 bits per heavy atom. The summed E-state index contributed by atoms with van der Waals surface area (Å²) in [7, 11) is 0. The van der Waals surface area contributed by atoms with E-state index < -0.39 is 41.2 Å². The summed E-state index contributed by atoms with van der Waals surface area (Å²) in [5.74, 6) is -1.19. The first kappa shape index (κ1) is 29.6. The van der Waals surface area contributed by atoms with E-state index in [0.717, 1.165) is 9.36 Å². The van der Waals surface area contributed by atoms with Gasteiger partial charge in [0.1, 0.15) is 12.1 Å². The van der Waals surface area contributed by atoms with Crippen molar-refractivity contribution in [3.8, 4) is 23.4 Å². The van der Waals surface area contributed by atoms with Crippen molar-refractivity contribution in [1.82, 2.24) is 24.5 Å². The summed E-state index contributed by atoms with van der Waals surface area (Å²) in [6, 6.07) is 4.67. The Morgan fingerprint density at radius 2 is 1.79 bits per heavy atom. The molecule has 0 radical (unpaired) electrons. The van der Waals surface area contributed by atoms with E-state index in [2.05, 4.69) is 10.2 Å². The van der Waals surface area contributed by atoms with Gasteiger partial charge in [0.2, 0.25) is 11.6 Å². The van der Waals surface area contributed by atoms with Gasteiger partial charge in [-0.25, -0.2) is 4.79 Å². The molecule has 39 heavy (non-hydrogen) atoms. The molecule has 3 aromatic rings. The molecule has 0 aliphatic carbocycles. The van der Waals surface area contributed by atoms with Gasteiger partial charge < -0.3 is 15.2 Å². The molecule has 0 aliphatic rings. The number of carbonyl (C=O) groups is 1. The van der Waals surface area contributed by atoms with Gasteiger partial charge >= 0.3 is 11.7 Å². The molecule has 0 bridgehead atoms. The first-order valence-electron chi connectivity index (χ1n) is 11.7. The van der Waals surface area contributed by atoms with Gasteiger partial charge in [-0.15, -0.1) is 10.2 Å². The molecular weight excluding hydrogens is 553 g/mol. The van der Waals surface area contributed by atoms with Crippen molar-refractivity contribution in [2.24, 2.45) is 11.7 Å². The molecule has 0 fully saturated rings. The number of rotatable bonds is 9. The van der Waals surface area contributed by atoms with Crippen LogP contribution in [-0.4, -0.2) is 36.6 Å². The molecule has 0 aliphatic heterocycles. The second-order valence-corrected chi connectivity index (χ2v) is 9.69.